The van der Waals surface area contributed by atoms with E-state index in [1.54, 1.807) is 31.2 Å². The summed E-state index contributed by atoms with van der Waals surface area (Å²) in [5.41, 5.74) is -1.02. The molecule has 14 heavy (non-hydrogen) atoms. The van der Waals surface area contributed by atoms with Gasteiger partial charge >= 0.3 is 5.97 Å². The highest BCUT2D eigenvalue weighted by molar-refractivity contribution is 5.80. The van der Waals surface area contributed by atoms with Crippen molar-refractivity contribution in [2.75, 3.05) is 6.61 Å². The minimum Gasteiger partial charge on any atom is -0.464 e. The number of hydrogen-bond donors (Lipinski definition) is 1. The van der Waals surface area contributed by atoms with Gasteiger partial charge in [-0.25, -0.2) is 4.79 Å². The monoisotopic (exact) mass is 194 g/mol. The van der Waals surface area contributed by atoms with Gasteiger partial charge in [0, 0.05) is 0 Å². The summed E-state index contributed by atoms with van der Waals surface area (Å²) in [6.45, 7) is 3.40. The van der Waals surface area contributed by atoms with Crippen molar-refractivity contribution in [2.45, 2.75) is 19.4 Å². The second kappa shape index (κ2) is 4.24. The summed E-state index contributed by atoms with van der Waals surface area (Å²) >= 11 is 0. The molecule has 1 aromatic carbocycles. The van der Waals surface area contributed by atoms with Crippen LogP contribution in [-0.2, 0) is 15.1 Å². The van der Waals surface area contributed by atoms with Crippen molar-refractivity contribution in [3.63, 3.8) is 0 Å². The van der Waals surface area contributed by atoms with Gasteiger partial charge in [-0.3, -0.25) is 0 Å². The summed E-state index contributed by atoms with van der Waals surface area (Å²) < 4.78 is 4.77. The van der Waals surface area contributed by atoms with Crippen molar-refractivity contribution < 1.29 is 14.6 Å². The van der Waals surface area contributed by atoms with Crippen LogP contribution in [0.3, 0.4) is 0 Å². The van der Waals surface area contributed by atoms with Crippen molar-refractivity contribution in [1.29, 1.82) is 0 Å². The number of rotatable bonds is 3. The third-order valence-electron chi connectivity index (χ3n) is 2.01. The van der Waals surface area contributed by atoms with Gasteiger partial charge in [0.25, 0.3) is 0 Å². The first kappa shape index (κ1) is 10.7. The minimum absolute atomic E-state index is 0.266. The Labute approximate surface area is 83.3 Å². The fraction of sp³-hybridized carbons (Fsp3) is 0.364. The van der Waals surface area contributed by atoms with E-state index in [9.17, 15) is 9.90 Å². The van der Waals surface area contributed by atoms with E-state index in [0.717, 1.165) is 0 Å². The third-order valence-corrected chi connectivity index (χ3v) is 2.01. The minimum atomic E-state index is -1.56. The maximum atomic E-state index is 11.4. The molecule has 0 heterocycles. The van der Waals surface area contributed by atoms with Crippen LogP contribution >= 0.6 is 0 Å². The van der Waals surface area contributed by atoms with E-state index in [0.29, 0.717) is 5.56 Å². The summed E-state index contributed by atoms with van der Waals surface area (Å²) in [5, 5.41) is 9.91. The predicted octanol–water partition coefficient (Wildman–Crippen LogP) is 1.46. The Morgan fingerprint density at radius 2 is 2.00 bits per heavy atom. The molecule has 0 saturated carbocycles. The molecule has 0 unspecified atom stereocenters. The van der Waals surface area contributed by atoms with Crippen molar-refractivity contribution in [3.8, 4) is 0 Å². The lowest BCUT2D eigenvalue weighted by Crippen LogP contribution is -2.33. The second-order valence-corrected chi connectivity index (χ2v) is 3.16. The van der Waals surface area contributed by atoms with Gasteiger partial charge in [0.2, 0.25) is 0 Å². The molecule has 0 amide bonds. The summed E-state index contributed by atoms with van der Waals surface area (Å²) in [7, 11) is 0. The van der Waals surface area contributed by atoms with Gasteiger partial charge in [-0.05, 0) is 19.4 Å². The molecule has 0 bridgehead atoms. The number of benzene rings is 1. The average Bonchev–Trinajstić information content (AvgIpc) is 2.19. The molecule has 0 aliphatic heterocycles. The highest BCUT2D eigenvalue weighted by Crippen LogP contribution is 2.21. The van der Waals surface area contributed by atoms with Gasteiger partial charge < -0.3 is 9.84 Å². The lowest BCUT2D eigenvalue weighted by Gasteiger charge is -2.21. The molecule has 1 aromatic rings. The lowest BCUT2D eigenvalue weighted by molar-refractivity contribution is -0.164. The highest BCUT2D eigenvalue weighted by Gasteiger charge is 2.33. The number of hydrogen-bond acceptors (Lipinski definition) is 3. The normalized spacial score (nSPS) is 14.5. The maximum Gasteiger partial charge on any atom is 0.342 e. The van der Waals surface area contributed by atoms with Gasteiger partial charge in [-0.2, -0.15) is 0 Å². The summed E-state index contributed by atoms with van der Waals surface area (Å²) in [5.74, 6) is -0.619. The Hall–Kier alpha value is -1.35. The zero-order chi connectivity index (χ0) is 10.6. The molecule has 0 aliphatic rings. The number of esters is 1. The van der Waals surface area contributed by atoms with Crippen molar-refractivity contribution in [2.24, 2.45) is 0 Å². The SMILES string of the molecule is CCOC(=O)[C@](C)(O)c1ccccc1. The quantitative estimate of drug-likeness (QED) is 0.741. The van der Waals surface area contributed by atoms with Crippen molar-refractivity contribution >= 4 is 5.97 Å². The Kier molecular flexibility index (Phi) is 3.25. The Balaban J connectivity index is 2.90. The van der Waals surface area contributed by atoms with Crippen LogP contribution in [0.4, 0.5) is 0 Å². The molecular weight excluding hydrogens is 180 g/mol. The second-order valence-electron chi connectivity index (χ2n) is 3.16. The van der Waals surface area contributed by atoms with Crippen LogP contribution in [0.1, 0.15) is 19.4 Å². The zero-order valence-electron chi connectivity index (χ0n) is 8.36. The first-order chi connectivity index (χ1) is 6.59. The molecular formula is C11H14O3. The molecule has 76 valence electrons. The zero-order valence-corrected chi connectivity index (χ0v) is 8.36. The van der Waals surface area contributed by atoms with Gasteiger partial charge in [0.05, 0.1) is 6.61 Å². The largest absolute Gasteiger partial charge is 0.464 e. The standard InChI is InChI=1S/C11H14O3/c1-3-14-10(12)11(2,13)9-7-5-4-6-8-9/h4-8,13H,3H2,1-2H3/t11-/m1/s1. The van der Waals surface area contributed by atoms with Gasteiger partial charge in [0.15, 0.2) is 5.60 Å². The lowest BCUT2D eigenvalue weighted by atomic mass is 9.96. The van der Waals surface area contributed by atoms with Gasteiger partial charge in [-0.1, -0.05) is 30.3 Å². The smallest absolute Gasteiger partial charge is 0.342 e. The number of carbonyl (C=O) groups is 1. The Morgan fingerprint density at radius 1 is 1.43 bits per heavy atom. The summed E-state index contributed by atoms with van der Waals surface area (Å²) in [4.78, 5) is 11.4. The predicted molar refractivity (Wildman–Crippen MR) is 52.6 cm³/mol. The maximum absolute atomic E-state index is 11.4. The van der Waals surface area contributed by atoms with E-state index >= 15 is 0 Å². The van der Waals surface area contributed by atoms with Crippen LogP contribution in [-0.4, -0.2) is 17.7 Å². The Morgan fingerprint density at radius 3 is 2.50 bits per heavy atom. The van der Waals surface area contributed by atoms with E-state index in [-0.39, 0.29) is 6.61 Å². The van der Waals surface area contributed by atoms with Gasteiger partial charge in [-0.15, -0.1) is 0 Å². The molecule has 0 aliphatic carbocycles. The molecule has 0 spiro atoms. The molecule has 1 N–H and O–H groups in total. The molecule has 0 saturated heterocycles. The van der Waals surface area contributed by atoms with Crippen molar-refractivity contribution in [1.82, 2.24) is 0 Å². The van der Waals surface area contributed by atoms with Crippen LogP contribution in [0.5, 0.6) is 0 Å². The van der Waals surface area contributed by atoms with Gasteiger partial charge in [0.1, 0.15) is 0 Å². The number of ether oxygens (including phenoxy) is 1. The molecule has 0 fully saturated rings. The molecule has 3 heteroatoms. The van der Waals surface area contributed by atoms with Crippen LogP contribution in [0.2, 0.25) is 0 Å². The first-order valence-corrected chi connectivity index (χ1v) is 4.54. The summed E-state index contributed by atoms with van der Waals surface area (Å²) in [6.07, 6.45) is 0. The van der Waals surface area contributed by atoms with E-state index in [2.05, 4.69) is 0 Å². The Bertz CT molecular complexity index is 304. The topological polar surface area (TPSA) is 46.5 Å². The fourth-order valence-corrected chi connectivity index (χ4v) is 1.15. The molecule has 1 rings (SSSR count). The molecule has 3 nitrogen and oxygen atoms in total. The van der Waals surface area contributed by atoms with Crippen LogP contribution in [0, 0.1) is 0 Å². The number of aliphatic hydroxyl groups is 1. The van der Waals surface area contributed by atoms with E-state index in [1.807, 2.05) is 6.07 Å². The molecule has 1 atom stereocenters. The van der Waals surface area contributed by atoms with Crippen LogP contribution in [0.25, 0.3) is 0 Å². The summed E-state index contributed by atoms with van der Waals surface area (Å²) in [6, 6.07) is 8.74. The molecule has 0 radical (unpaired) electrons. The average molecular weight is 194 g/mol. The van der Waals surface area contributed by atoms with Crippen LogP contribution in [0.15, 0.2) is 30.3 Å². The number of carbonyl (C=O) groups excluding carboxylic acids is 1. The third kappa shape index (κ3) is 2.12. The van der Waals surface area contributed by atoms with Crippen molar-refractivity contribution in [3.05, 3.63) is 35.9 Å². The first-order valence-electron chi connectivity index (χ1n) is 4.54. The fourth-order valence-electron chi connectivity index (χ4n) is 1.15. The highest BCUT2D eigenvalue weighted by atomic mass is 16.5. The molecule has 0 aromatic heterocycles. The van der Waals surface area contributed by atoms with E-state index in [1.165, 1.54) is 6.92 Å². The van der Waals surface area contributed by atoms with E-state index < -0.39 is 11.6 Å². The van der Waals surface area contributed by atoms with Crippen LogP contribution < -0.4 is 0 Å². The van der Waals surface area contributed by atoms with E-state index in [4.69, 9.17) is 4.74 Å².